The summed E-state index contributed by atoms with van der Waals surface area (Å²) in [5.74, 6) is -1.40. The number of carbonyl (C=O) groups is 6. The van der Waals surface area contributed by atoms with Gasteiger partial charge in [0, 0.05) is 42.7 Å². The Morgan fingerprint density at radius 3 is 1.34 bits per heavy atom. The number of aliphatic hydroxyl groups excluding tert-OH is 1. The van der Waals surface area contributed by atoms with Crippen LogP contribution in [0.4, 0.5) is 0 Å². The van der Waals surface area contributed by atoms with E-state index in [0.29, 0.717) is 30.6 Å². The van der Waals surface area contributed by atoms with Gasteiger partial charge in [-0.1, -0.05) is 170 Å². The van der Waals surface area contributed by atoms with Crippen molar-refractivity contribution in [3.63, 3.8) is 0 Å². The highest BCUT2D eigenvalue weighted by Crippen LogP contribution is 2.16. The number of ketones is 4. The van der Waals surface area contributed by atoms with E-state index in [1.54, 1.807) is 60.7 Å². The smallest absolute Gasteiger partial charge is 0.244 e. The third-order valence-electron chi connectivity index (χ3n) is 11.4. The highest BCUT2D eigenvalue weighted by Gasteiger charge is 2.23. The Balaban J connectivity index is 0.000000233. The summed E-state index contributed by atoms with van der Waals surface area (Å²) in [6.45, 7) is 0.0706. The molecule has 1 aliphatic rings. The molecule has 1 heterocycles. The molecule has 0 aromatic heterocycles. The van der Waals surface area contributed by atoms with Gasteiger partial charge in [-0.15, -0.1) is 0 Å². The van der Waals surface area contributed by atoms with E-state index in [1.165, 1.54) is 12.2 Å². The number of aliphatic hydroxyl groups is 1. The predicted molar refractivity (Wildman–Crippen MR) is 271 cm³/mol. The van der Waals surface area contributed by atoms with Crippen LogP contribution in [0.2, 0.25) is 0 Å². The van der Waals surface area contributed by atoms with Crippen molar-refractivity contribution in [2.45, 2.75) is 63.3 Å². The van der Waals surface area contributed by atoms with Crippen LogP contribution in [-0.4, -0.2) is 78.2 Å². The first kappa shape index (κ1) is 51.7. The van der Waals surface area contributed by atoms with E-state index >= 15 is 0 Å². The fraction of sp³-hybridized carbons (Fsp3) is 0.220. The van der Waals surface area contributed by atoms with Crippen molar-refractivity contribution in [2.75, 3.05) is 19.8 Å². The standard InChI is InChI=1S/C32H33NO5.C27H25NO4/c34-29(22-26-14-17-27(18-15-26)30(35)23-38-32-13-7-8-20-37-32)28(21-25-11-5-2-6-12-25)33-31(36)19-16-24-9-3-1-4-10-24;29-19-26(31)23-14-11-22(12-15-23)18-25(30)24(17-21-9-5-2-6-10-21)28-27(32)16-13-20-7-3-1-4-8-20/h1-6,9-12,14-19,28,32H,7-8,13,20-23H2,(H,33,36);1-16,24,29H,17-19H2,(H,28,32)/b19-16-;16-13-/t28-,32?;24-/m00/s1. The molecule has 0 spiro atoms. The molecule has 0 bridgehead atoms. The molecule has 0 saturated carbocycles. The van der Waals surface area contributed by atoms with Crippen molar-refractivity contribution < 1.29 is 43.3 Å². The molecule has 11 heteroatoms. The lowest BCUT2D eigenvalue weighted by Gasteiger charge is -2.22. The first-order chi connectivity index (χ1) is 34.1. The Morgan fingerprint density at radius 1 is 0.529 bits per heavy atom. The highest BCUT2D eigenvalue weighted by atomic mass is 16.7. The molecule has 3 N–H and O–H groups in total. The Morgan fingerprint density at radius 2 is 0.943 bits per heavy atom. The Kier molecular flexibility index (Phi) is 20.6. The lowest BCUT2D eigenvalue weighted by molar-refractivity contribution is -0.155. The molecule has 1 fully saturated rings. The van der Waals surface area contributed by atoms with Gasteiger partial charge in [0.05, 0.1) is 12.1 Å². The maximum Gasteiger partial charge on any atom is 0.244 e. The molecule has 1 aliphatic heterocycles. The van der Waals surface area contributed by atoms with Crippen molar-refractivity contribution >= 4 is 47.1 Å². The highest BCUT2D eigenvalue weighted by molar-refractivity contribution is 5.99. The predicted octanol–water partition coefficient (Wildman–Crippen LogP) is 8.38. The molecule has 70 heavy (non-hydrogen) atoms. The number of benzene rings is 6. The number of rotatable bonds is 22. The van der Waals surface area contributed by atoms with Crippen LogP contribution in [0.1, 0.15) is 73.4 Å². The van der Waals surface area contributed by atoms with Gasteiger partial charge in [0.2, 0.25) is 11.8 Å². The number of carbonyl (C=O) groups excluding carboxylic acids is 6. The molecule has 1 saturated heterocycles. The second-order valence-electron chi connectivity index (χ2n) is 16.8. The van der Waals surface area contributed by atoms with Gasteiger partial charge in [0.15, 0.2) is 29.4 Å². The Bertz CT molecular complexity index is 2660. The van der Waals surface area contributed by atoms with Crippen LogP contribution >= 0.6 is 0 Å². The van der Waals surface area contributed by atoms with Crippen LogP contribution in [0, 0.1) is 0 Å². The first-order valence-corrected chi connectivity index (χ1v) is 23.4. The van der Waals surface area contributed by atoms with Gasteiger partial charge in [-0.3, -0.25) is 28.8 Å². The van der Waals surface area contributed by atoms with Crippen LogP contribution in [0.3, 0.4) is 0 Å². The second-order valence-corrected chi connectivity index (χ2v) is 16.8. The van der Waals surface area contributed by atoms with E-state index in [9.17, 15) is 28.8 Å². The van der Waals surface area contributed by atoms with Crippen LogP contribution < -0.4 is 10.6 Å². The van der Waals surface area contributed by atoms with Crippen molar-refractivity contribution in [2.24, 2.45) is 0 Å². The topological polar surface area (TPSA) is 165 Å². The van der Waals surface area contributed by atoms with E-state index in [1.807, 2.05) is 121 Å². The molecule has 3 atom stereocenters. The van der Waals surface area contributed by atoms with Crippen molar-refractivity contribution in [1.29, 1.82) is 0 Å². The van der Waals surface area contributed by atoms with Gasteiger partial charge < -0.3 is 25.2 Å². The molecule has 2 amide bonds. The molecule has 11 nitrogen and oxygen atoms in total. The Hall–Kier alpha value is -7.70. The largest absolute Gasteiger partial charge is 0.388 e. The summed E-state index contributed by atoms with van der Waals surface area (Å²) in [5.41, 5.74) is 6.13. The van der Waals surface area contributed by atoms with Gasteiger partial charge in [-0.2, -0.15) is 0 Å². The van der Waals surface area contributed by atoms with E-state index in [4.69, 9.17) is 14.6 Å². The summed E-state index contributed by atoms with van der Waals surface area (Å²) < 4.78 is 11.1. The average Bonchev–Trinajstić information content (AvgIpc) is 3.40. The SMILES string of the molecule is O=C(/C=C\c1ccccc1)N[C@@H](Cc1ccccc1)C(=O)Cc1ccc(C(=O)CO)cc1.O=C(/C=C\c1ccccc1)N[C@@H](Cc1ccccc1)C(=O)Cc1ccc(C(=O)COC2CCCCO2)cc1. The zero-order valence-corrected chi connectivity index (χ0v) is 39.0. The third-order valence-corrected chi connectivity index (χ3v) is 11.4. The summed E-state index contributed by atoms with van der Waals surface area (Å²) in [6, 6.07) is 50.3. The molecule has 7 rings (SSSR count). The molecule has 1 unspecified atom stereocenters. The maximum atomic E-state index is 13.3. The zero-order chi connectivity index (χ0) is 49.3. The molecular formula is C59H58N2O9. The zero-order valence-electron chi connectivity index (χ0n) is 39.0. The second kappa shape index (κ2) is 28.0. The number of hydrogen-bond acceptors (Lipinski definition) is 9. The quantitative estimate of drug-likeness (QED) is 0.0448. The summed E-state index contributed by atoms with van der Waals surface area (Å²) in [4.78, 5) is 75.6. The van der Waals surface area contributed by atoms with Crippen LogP contribution in [0.15, 0.2) is 182 Å². The minimum Gasteiger partial charge on any atom is -0.388 e. The molecule has 0 radical (unpaired) electrons. The van der Waals surface area contributed by atoms with Crippen LogP contribution in [0.25, 0.3) is 12.2 Å². The fourth-order valence-electron chi connectivity index (χ4n) is 7.55. The molecular weight excluding hydrogens is 881 g/mol. The lowest BCUT2D eigenvalue weighted by Crippen LogP contribution is -2.42. The number of hydrogen-bond donors (Lipinski definition) is 3. The minimum atomic E-state index is -0.691. The van der Waals surface area contributed by atoms with Crippen molar-refractivity contribution in [3.8, 4) is 0 Å². The number of nitrogens with one attached hydrogen (secondary N) is 2. The lowest BCUT2D eigenvalue weighted by atomic mass is 9.97. The number of Topliss-reactive ketones (excluding diaryl/α,β-unsaturated/α-hetero) is 4. The normalized spacial score (nSPS) is 14.2. The monoisotopic (exact) mass is 938 g/mol. The van der Waals surface area contributed by atoms with E-state index in [2.05, 4.69) is 10.6 Å². The summed E-state index contributed by atoms with van der Waals surface area (Å²) >= 11 is 0. The molecule has 6 aromatic carbocycles. The van der Waals surface area contributed by atoms with E-state index in [-0.39, 0.29) is 60.7 Å². The number of amides is 2. The fourth-order valence-corrected chi connectivity index (χ4v) is 7.55. The average molecular weight is 939 g/mol. The molecule has 0 aliphatic carbocycles. The van der Waals surface area contributed by atoms with Gasteiger partial charge in [-0.05, 0) is 77.6 Å². The van der Waals surface area contributed by atoms with Gasteiger partial charge >= 0.3 is 0 Å². The summed E-state index contributed by atoms with van der Waals surface area (Å²) in [6.07, 6.45) is 9.88. The third kappa shape index (κ3) is 17.7. The maximum absolute atomic E-state index is 13.3. The Labute approximate surface area is 409 Å². The van der Waals surface area contributed by atoms with Gasteiger partial charge in [0.1, 0.15) is 13.2 Å². The van der Waals surface area contributed by atoms with Crippen LogP contribution in [-0.2, 0) is 54.3 Å². The number of ether oxygens (including phenoxy) is 2. The molecule has 6 aromatic rings. The van der Waals surface area contributed by atoms with E-state index < -0.39 is 18.7 Å². The van der Waals surface area contributed by atoms with E-state index in [0.717, 1.165) is 52.6 Å². The van der Waals surface area contributed by atoms with Gasteiger partial charge in [-0.25, -0.2) is 0 Å². The molecule has 358 valence electrons. The summed E-state index contributed by atoms with van der Waals surface area (Å²) in [5, 5.41) is 14.7. The van der Waals surface area contributed by atoms with Crippen LogP contribution in [0.5, 0.6) is 0 Å². The van der Waals surface area contributed by atoms with Crippen molar-refractivity contribution in [1.82, 2.24) is 10.6 Å². The first-order valence-electron chi connectivity index (χ1n) is 23.4. The minimum absolute atomic E-state index is 0.0371. The summed E-state index contributed by atoms with van der Waals surface area (Å²) in [7, 11) is 0. The van der Waals surface area contributed by atoms with Crippen molar-refractivity contribution in [3.05, 3.63) is 227 Å². The van der Waals surface area contributed by atoms with Gasteiger partial charge in [0.25, 0.3) is 0 Å².